The van der Waals surface area contributed by atoms with Crippen molar-refractivity contribution in [2.24, 2.45) is 0 Å². The highest BCUT2D eigenvalue weighted by Gasteiger charge is 2.21. The number of rotatable bonds is 3. The van der Waals surface area contributed by atoms with Crippen molar-refractivity contribution in [1.29, 1.82) is 0 Å². The minimum absolute atomic E-state index is 0.257. The molecule has 1 unspecified atom stereocenters. The lowest BCUT2D eigenvalue weighted by Gasteiger charge is -2.11. The van der Waals surface area contributed by atoms with Crippen LogP contribution >= 0.6 is 47.8 Å². The molecule has 0 fully saturated rings. The molecule has 0 spiro atoms. The number of aryl methyl sites for hydroxylation is 1. The number of alkyl halides is 1. The van der Waals surface area contributed by atoms with Gasteiger partial charge >= 0.3 is 5.88 Å². The highest BCUT2D eigenvalue weighted by Crippen LogP contribution is 2.39. The fourth-order valence-corrected chi connectivity index (χ4v) is 3.57. The molecular weight excluding hydrogens is 446 g/mol. The Morgan fingerprint density at radius 2 is 1.95 bits per heavy atom. The first-order valence-electron chi connectivity index (χ1n) is 5.24. The predicted molar refractivity (Wildman–Crippen MR) is 82.7 cm³/mol. The Balaban J connectivity index is 2.40. The van der Waals surface area contributed by atoms with Crippen molar-refractivity contribution < 1.29 is 9.34 Å². The molecule has 0 bridgehead atoms. The van der Waals surface area contributed by atoms with Crippen LogP contribution in [-0.4, -0.2) is 4.92 Å². The Morgan fingerprint density at radius 3 is 2.53 bits per heavy atom. The molecule has 19 heavy (non-hydrogen) atoms. The van der Waals surface area contributed by atoms with Crippen LogP contribution in [0, 0.1) is 17.0 Å². The average Bonchev–Trinajstić information content (AvgIpc) is 2.82. The minimum Gasteiger partial charge on any atom is -0.404 e. The van der Waals surface area contributed by atoms with Gasteiger partial charge in [-0.3, -0.25) is 10.1 Å². The normalized spacial score (nSPS) is 12.4. The summed E-state index contributed by atoms with van der Waals surface area (Å²) in [5, 5.41) is 10.6. The zero-order valence-corrected chi connectivity index (χ0v) is 14.5. The molecule has 0 N–H and O–H groups in total. The number of halogens is 3. The molecule has 2 rings (SSSR count). The van der Waals surface area contributed by atoms with Gasteiger partial charge in [0.2, 0.25) is 0 Å². The Bertz CT molecular complexity index is 639. The van der Waals surface area contributed by atoms with E-state index in [0.717, 1.165) is 20.1 Å². The second-order valence-electron chi connectivity index (χ2n) is 3.92. The van der Waals surface area contributed by atoms with Crippen LogP contribution in [-0.2, 0) is 0 Å². The SMILES string of the molecule is Cc1cc(Br)c(C(Br)c2ccc([N+](=O)[O-])o2)cc1Br. The summed E-state index contributed by atoms with van der Waals surface area (Å²) in [5.41, 5.74) is 2.03. The van der Waals surface area contributed by atoms with Crippen LogP contribution in [0.15, 0.2) is 37.6 Å². The quantitative estimate of drug-likeness (QED) is 0.350. The predicted octanol–water partition coefficient (Wildman–Crippen LogP) is 5.51. The molecule has 1 aromatic carbocycles. The number of hydrogen-bond acceptors (Lipinski definition) is 3. The van der Waals surface area contributed by atoms with Crippen LogP contribution in [0.25, 0.3) is 0 Å². The molecule has 1 atom stereocenters. The third kappa shape index (κ3) is 3.09. The smallest absolute Gasteiger partial charge is 0.404 e. The summed E-state index contributed by atoms with van der Waals surface area (Å²) in [6.45, 7) is 1.99. The summed E-state index contributed by atoms with van der Waals surface area (Å²) in [6.07, 6.45) is 0. The van der Waals surface area contributed by atoms with Gasteiger partial charge in [0.15, 0.2) is 0 Å². The summed E-state index contributed by atoms with van der Waals surface area (Å²) in [5.74, 6) is 0.227. The lowest BCUT2D eigenvalue weighted by atomic mass is 10.1. The second kappa shape index (κ2) is 5.76. The molecule has 7 heteroatoms. The average molecular weight is 454 g/mol. The van der Waals surface area contributed by atoms with Gasteiger partial charge in [-0.15, -0.1) is 0 Å². The fraction of sp³-hybridized carbons (Fsp3) is 0.167. The number of hydrogen-bond donors (Lipinski definition) is 0. The van der Waals surface area contributed by atoms with E-state index in [1.807, 2.05) is 19.1 Å². The molecule has 0 saturated heterocycles. The lowest BCUT2D eigenvalue weighted by Crippen LogP contribution is -1.94. The Morgan fingerprint density at radius 1 is 1.26 bits per heavy atom. The van der Waals surface area contributed by atoms with Gasteiger partial charge in [-0.1, -0.05) is 47.8 Å². The van der Waals surface area contributed by atoms with Crippen LogP contribution in [0.1, 0.15) is 21.7 Å². The van der Waals surface area contributed by atoms with Gasteiger partial charge in [-0.2, -0.15) is 0 Å². The van der Waals surface area contributed by atoms with E-state index in [2.05, 4.69) is 47.8 Å². The van der Waals surface area contributed by atoms with E-state index in [4.69, 9.17) is 4.42 Å². The highest BCUT2D eigenvalue weighted by molar-refractivity contribution is 9.11. The first-order chi connectivity index (χ1) is 8.90. The van der Waals surface area contributed by atoms with E-state index in [-0.39, 0.29) is 10.7 Å². The van der Waals surface area contributed by atoms with Crippen LogP contribution in [0.2, 0.25) is 0 Å². The van der Waals surface area contributed by atoms with Crippen LogP contribution in [0.3, 0.4) is 0 Å². The first-order valence-corrected chi connectivity index (χ1v) is 7.74. The molecule has 0 aliphatic carbocycles. The Hall–Kier alpha value is -0.660. The lowest BCUT2D eigenvalue weighted by molar-refractivity contribution is -0.402. The van der Waals surface area contributed by atoms with Crippen molar-refractivity contribution in [2.45, 2.75) is 11.8 Å². The summed E-state index contributed by atoms with van der Waals surface area (Å²) in [4.78, 5) is 9.81. The van der Waals surface area contributed by atoms with Crippen molar-refractivity contribution in [1.82, 2.24) is 0 Å². The summed E-state index contributed by atoms with van der Waals surface area (Å²) < 4.78 is 7.08. The molecular formula is C12H8Br3NO3. The number of benzene rings is 1. The molecule has 1 heterocycles. The van der Waals surface area contributed by atoms with Crippen LogP contribution in [0.5, 0.6) is 0 Å². The Labute approximate surface area is 134 Å². The van der Waals surface area contributed by atoms with E-state index in [9.17, 15) is 10.1 Å². The van der Waals surface area contributed by atoms with E-state index in [1.165, 1.54) is 6.07 Å². The monoisotopic (exact) mass is 451 g/mol. The van der Waals surface area contributed by atoms with Gasteiger partial charge < -0.3 is 4.42 Å². The number of furan rings is 1. The fourth-order valence-electron chi connectivity index (χ4n) is 1.59. The van der Waals surface area contributed by atoms with Crippen molar-refractivity contribution in [2.75, 3.05) is 0 Å². The molecule has 0 aliphatic rings. The molecule has 0 radical (unpaired) electrons. The Kier molecular flexibility index (Phi) is 4.47. The molecule has 100 valence electrons. The van der Waals surface area contributed by atoms with Gasteiger partial charge in [-0.25, -0.2) is 0 Å². The summed E-state index contributed by atoms with van der Waals surface area (Å²) >= 11 is 10.5. The van der Waals surface area contributed by atoms with Crippen molar-refractivity contribution in [3.05, 3.63) is 60.2 Å². The van der Waals surface area contributed by atoms with Gasteiger partial charge in [0.25, 0.3) is 0 Å². The summed E-state index contributed by atoms with van der Waals surface area (Å²) in [6, 6.07) is 6.87. The number of nitro groups is 1. The highest BCUT2D eigenvalue weighted by atomic mass is 79.9. The minimum atomic E-state index is -0.552. The van der Waals surface area contributed by atoms with Crippen LogP contribution in [0.4, 0.5) is 5.88 Å². The third-order valence-electron chi connectivity index (χ3n) is 2.59. The van der Waals surface area contributed by atoms with Crippen molar-refractivity contribution in [3.8, 4) is 0 Å². The maximum atomic E-state index is 10.6. The van der Waals surface area contributed by atoms with E-state index >= 15 is 0 Å². The van der Waals surface area contributed by atoms with Gasteiger partial charge in [0.05, 0.1) is 10.9 Å². The molecule has 1 aromatic heterocycles. The third-order valence-corrected chi connectivity index (χ3v) is 5.08. The first kappa shape index (κ1) is 14.7. The zero-order valence-electron chi connectivity index (χ0n) is 9.69. The van der Waals surface area contributed by atoms with E-state index < -0.39 is 4.92 Å². The zero-order chi connectivity index (χ0) is 14.2. The van der Waals surface area contributed by atoms with Gasteiger partial charge in [0.1, 0.15) is 10.7 Å². The largest absolute Gasteiger partial charge is 0.433 e. The van der Waals surface area contributed by atoms with Crippen LogP contribution < -0.4 is 0 Å². The standard InChI is InChI=1S/C12H8Br3NO3/c1-6-4-9(14)7(5-8(6)13)12(15)10-2-3-11(19-10)16(17)18/h2-5,12H,1H3. The molecule has 0 amide bonds. The number of nitrogens with zero attached hydrogens (tertiary/aromatic N) is 1. The van der Waals surface area contributed by atoms with Gasteiger partial charge in [-0.05, 0) is 36.2 Å². The van der Waals surface area contributed by atoms with Gasteiger partial charge in [0, 0.05) is 8.95 Å². The van der Waals surface area contributed by atoms with E-state index in [0.29, 0.717) is 5.76 Å². The maximum absolute atomic E-state index is 10.6. The molecule has 2 aromatic rings. The summed E-state index contributed by atoms with van der Waals surface area (Å²) in [7, 11) is 0. The molecule has 4 nitrogen and oxygen atoms in total. The molecule has 0 saturated carbocycles. The van der Waals surface area contributed by atoms with Crippen molar-refractivity contribution >= 4 is 53.7 Å². The maximum Gasteiger partial charge on any atom is 0.433 e. The van der Waals surface area contributed by atoms with Crippen molar-refractivity contribution in [3.63, 3.8) is 0 Å². The second-order valence-corrected chi connectivity index (χ2v) is 6.54. The topological polar surface area (TPSA) is 56.3 Å². The van der Waals surface area contributed by atoms with E-state index in [1.54, 1.807) is 6.07 Å². The molecule has 0 aliphatic heterocycles.